The van der Waals surface area contributed by atoms with Crippen molar-refractivity contribution in [2.45, 2.75) is 6.36 Å². The Kier molecular flexibility index (Phi) is 4.78. The number of anilines is 3. The van der Waals surface area contributed by atoms with Crippen molar-refractivity contribution in [1.82, 2.24) is 19.5 Å². The summed E-state index contributed by atoms with van der Waals surface area (Å²) in [4.78, 5) is 25.4. The number of halogens is 3. The number of imidazole rings is 1. The molecular weight excluding hydrogens is 423 g/mol. The van der Waals surface area contributed by atoms with Crippen molar-refractivity contribution < 1.29 is 27.8 Å². The second-order valence-corrected chi connectivity index (χ2v) is 6.88. The predicted octanol–water partition coefficient (Wildman–Crippen LogP) is 4.49. The molecule has 0 amide bonds. The number of aromatic carboxylic acids is 1. The molecule has 4 rings (SSSR count). The number of nitrogens with zero attached hydrogens (tertiary/aromatic N) is 5. The van der Waals surface area contributed by atoms with Gasteiger partial charge in [-0.25, -0.2) is 19.7 Å². The Bertz CT molecular complexity index is 1220. The van der Waals surface area contributed by atoms with Gasteiger partial charge in [-0.15, -0.1) is 24.5 Å². The lowest BCUT2D eigenvalue weighted by atomic mass is 10.2. The van der Waals surface area contributed by atoms with Crippen molar-refractivity contribution in [2.24, 2.45) is 7.05 Å². The number of ether oxygens (including phenoxy) is 1. The second kappa shape index (κ2) is 7.30. The first-order valence-electron chi connectivity index (χ1n) is 8.35. The van der Waals surface area contributed by atoms with Crippen LogP contribution in [0.2, 0.25) is 0 Å². The van der Waals surface area contributed by atoms with Gasteiger partial charge in [-0.2, -0.15) is 0 Å². The number of hydrogen-bond acceptors (Lipinski definition) is 7. The predicted molar refractivity (Wildman–Crippen MR) is 103 cm³/mol. The van der Waals surface area contributed by atoms with Crippen LogP contribution >= 0.6 is 11.3 Å². The lowest BCUT2D eigenvalue weighted by Crippen LogP contribution is -2.21. The fourth-order valence-corrected chi connectivity index (χ4v) is 3.51. The van der Waals surface area contributed by atoms with Crippen LogP contribution in [0.15, 0.2) is 48.1 Å². The minimum Gasteiger partial charge on any atom is -0.478 e. The number of rotatable bonds is 5. The van der Waals surface area contributed by atoms with Crippen LogP contribution in [0.25, 0.3) is 11.2 Å². The summed E-state index contributed by atoms with van der Waals surface area (Å²) >= 11 is 1.18. The van der Waals surface area contributed by atoms with E-state index >= 15 is 0 Å². The molecule has 12 heteroatoms. The summed E-state index contributed by atoms with van der Waals surface area (Å²) in [6.07, 6.45) is -2.21. The zero-order valence-corrected chi connectivity index (χ0v) is 16.0. The summed E-state index contributed by atoms with van der Waals surface area (Å²) in [5.41, 5.74) is 0.615. The first-order chi connectivity index (χ1) is 14.2. The molecule has 30 heavy (non-hydrogen) atoms. The topological polar surface area (TPSA) is 93.4 Å². The number of thiazole rings is 1. The highest BCUT2D eigenvalue weighted by Crippen LogP contribution is 2.42. The van der Waals surface area contributed by atoms with E-state index in [1.54, 1.807) is 18.5 Å². The van der Waals surface area contributed by atoms with E-state index in [9.17, 15) is 23.1 Å². The van der Waals surface area contributed by atoms with E-state index in [2.05, 4.69) is 19.7 Å². The molecule has 3 heterocycles. The summed E-state index contributed by atoms with van der Waals surface area (Å²) in [5, 5.41) is 11.2. The number of aryl methyl sites for hydroxylation is 1. The molecule has 0 radical (unpaired) electrons. The Hall–Kier alpha value is -3.67. The molecule has 0 spiro atoms. The summed E-state index contributed by atoms with van der Waals surface area (Å²) in [6.45, 7) is 0. The molecule has 0 aliphatic carbocycles. The third-order valence-electron chi connectivity index (χ3n) is 4.07. The number of alkyl halides is 3. The summed E-state index contributed by atoms with van der Waals surface area (Å²) < 4.78 is 44.6. The maximum absolute atomic E-state index is 13.0. The van der Waals surface area contributed by atoms with Crippen LogP contribution in [0.5, 0.6) is 5.75 Å². The highest BCUT2D eigenvalue weighted by Gasteiger charge is 2.34. The number of carbonyl (C=O) groups is 1. The minimum atomic E-state index is -4.89. The van der Waals surface area contributed by atoms with Crippen molar-refractivity contribution in [2.75, 3.05) is 4.90 Å². The largest absolute Gasteiger partial charge is 0.573 e. The Labute approximate surface area is 170 Å². The SMILES string of the molecule is Cn1c(N(c2nccs2)c2ccccc2OC(F)(F)F)nc2cc(C(=O)O)cnc21. The van der Waals surface area contributed by atoms with Crippen LogP contribution in [-0.2, 0) is 7.05 Å². The molecule has 8 nitrogen and oxygen atoms in total. The Morgan fingerprint density at radius 2 is 2.03 bits per heavy atom. The number of para-hydroxylation sites is 2. The van der Waals surface area contributed by atoms with E-state index < -0.39 is 18.1 Å². The molecule has 3 aromatic heterocycles. The number of aromatic nitrogens is 4. The van der Waals surface area contributed by atoms with E-state index in [1.165, 1.54) is 57.5 Å². The molecule has 154 valence electrons. The first kappa shape index (κ1) is 19.6. The molecule has 0 saturated heterocycles. The van der Waals surface area contributed by atoms with Crippen molar-refractivity contribution in [3.63, 3.8) is 0 Å². The third kappa shape index (κ3) is 3.64. The Morgan fingerprint density at radius 1 is 1.27 bits per heavy atom. The van der Waals surface area contributed by atoms with Gasteiger partial charge in [0, 0.05) is 24.8 Å². The number of benzene rings is 1. The fraction of sp³-hybridized carbons (Fsp3) is 0.111. The van der Waals surface area contributed by atoms with Gasteiger partial charge in [0.25, 0.3) is 0 Å². The molecular formula is C18H12F3N5O3S. The lowest BCUT2D eigenvalue weighted by Gasteiger charge is -2.23. The van der Waals surface area contributed by atoms with Crippen LogP contribution in [0.1, 0.15) is 10.4 Å². The van der Waals surface area contributed by atoms with E-state index in [4.69, 9.17) is 0 Å². The monoisotopic (exact) mass is 435 g/mol. The van der Waals surface area contributed by atoms with Gasteiger partial charge < -0.3 is 9.84 Å². The third-order valence-corrected chi connectivity index (χ3v) is 4.83. The van der Waals surface area contributed by atoms with Gasteiger partial charge >= 0.3 is 12.3 Å². The van der Waals surface area contributed by atoms with Gasteiger partial charge in [0.15, 0.2) is 16.5 Å². The van der Waals surface area contributed by atoms with Crippen LogP contribution in [0.4, 0.5) is 29.9 Å². The van der Waals surface area contributed by atoms with Crippen LogP contribution in [0, 0.1) is 0 Å². The summed E-state index contributed by atoms with van der Waals surface area (Å²) in [7, 11) is 1.62. The minimum absolute atomic E-state index is 0.0571. The van der Waals surface area contributed by atoms with Crippen molar-refractivity contribution in [3.05, 3.63) is 53.7 Å². The van der Waals surface area contributed by atoms with E-state index in [0.717, 1.165) is 0 Å². The second-order valence-electron chi connectivity index (χ2n) is 6.01. The molecule has 1 aromatic carbocycles. The maximum Gasteiger partial charge on any atom is 0.573 e. The molecule has 1 N–H and O–H groups in total. The molecule has 0 aliphatic rings. The number of carboxylic acids is 1. The van der Waals surface area contributed by atoms with Gasteiger partial charge in [-0.05, 0) is 18.2 Å². The highest BCUT2D eigenvalue weighted by atomic mass is 32.1. The van der Waals surface area contributed by atoms with Gasteiger partial charge in [0.05, 0.1) is 11.3 Å². The van der Waals surface area contributed by atoms with Crippen molar-refractivity contribution >= 4 is 45.2 Å². The summed E-state index contributed by atoms with van der Waals surface area (Å²) in [6, 6.07) is 6.94. The van der Waals surface area contributed by atoms with Crippen LogP contribution in [0.3, 0.4) is 0 Å². The van der Waals surface area contributed by atoms with Crippen LogP contribution in [-0.4, -0.2) is 37.0 Å². The van der Waals surface area contributed by atoms with E-state index in [-0.39, 0.29) is 22.7 Å². The Balaban J connectivity index is 1.93. The van der Waals surface area contributed by atoms with E-state index in [0.29, 0.717) is 10.8 Å². The van der Waals surface area contributed by atoms with Gasteiger partial charge in [-0.1, -0.05) is 12.1 Å². The smallest absolute Gasteiger partial charge is 0.478 e. The summed E-state index contributed by atoms with van der Waals surface area (Å²) in [5.74, 6) is -1.42. The van der Waals surface area contributed by atoms with Crippen LogP contribution < -0.4 is 9.64 Å². The number of hydrogen-bond donors (Lipinski definition) is 1. The molecule has 0 saturated carbocycles. The maximum atomic E-state index is 13.0. The standard InChI is InChI=1S/C18H12F3N5O3S/c1-25-14-11(8-10(9-23-14)15(27)28)24-16(25)26(17-22-6-7-30-17)12-4-2-3-5-13(12)29-18(19,20)21/h2-9H,1H3,(H,27,28). The molecule has 4 aromatic rings. The highest BCUT2D eigenvalue weighted by molar-refractivity contribution is 7.13. The number of pyridine rings is 1. The normalized spacial score (nSPS) is 11.6. The average molecular weight is 435 g/mol. The molecule has 0 atom stereocenters. The Morgan fingerprint density at radius 3 is 2.70 bits per heavy atom. The first-order valence-corrected chi connectivity index (χ1v) is 9.23. The molecule has 0 unspecified atom stereocenters. The molecule has 0 bridgehead atoms. The zero-order valence-electron chi connectivity index (χ0n) is 15.2. The van der Waals surface area contributed by atoms with E-state index in [1.807, 2.05) is 0 Å². The lowest BCUT2D eigenvalue weighted by molar-refractivity contribution is -0.274. The average Bonchev–Trinajstić information content (AvgIpc) is 3.31. The zero-order chi connectivity index (χ0) is 21.5. The van der Waals surface area contributed by atoms with Gasteiger partial charge in [0.1, 0.15) is 5.52 Å². The number of fused-ring (bicyclic) bond motifs is 1. The van der Waals surface area contributed by atoms with Crippen molar-refractivity contribution in [1.29, 1.82) is 0 Å². The quantitative estimate of drug-likeness (QED) is 0.494. The molecule has 0 aliphatic heterocycles. The fourth-order valence-electron chi connectivity index (χ4n) is 2.86. The van der Waals surface area contributed by atoms with Crippen molar-refractivity contribution in [3.8, 4) is 5.75 Å². The molecule has 0 fully saturated rings. The van der Waals surface area contributed by atoms with Gasteiger partial charge in [0.2, 0.25) is 5.95 Å². The number of carboxylic acid groups (broad SMARTS) is 1. The van der Waals surface area contributed by atoms with Gasteiger partial charge in [-0.3, -0.25) is 9.47 Å².